The van der Waals surface area contributed by atoms with Crippen LogP contribution in [0.1, 0.15) is 18.4 Å². The van der Waals surface area contributed by atoms with Crippen molar-refractivity contribution in [3.8, 4) is 5.82 Å². The molecule has 0 radical (unpaired) electrons. The van der Waals surface area contributed by atoms with Gasteiger partial charge in [-0.1, -0.05) is 12.1 Å². The highest BCUT2D eigenvalue weighted by atomic mass is 16.1. The molecule has 1 saturated heterocycles. The molecule has 3 aromatic rings. The predicted molar refractivity (Wildman–Crippen MR) is 104 cm³/mol. The molecule has 27 heavy (non-hydrogen) atoms. The first-order valence-corrected chi connectivity index (χ1v) is 9.15. The Morgan fingerprint density at radius 3 is 2.52 bits per heavy atom. The summed E-state index contributed by atoms with van der Waals surface area (Å²) in [6.07, 6.45) is 5.16. The van der Waals surface area contributed by atoms with Crippen molar-refractivity contribution in [2.24, 2.45) is 5.92 Å². The Labute approximate surface area is 158 Å². The zero-order valence-corrected chi connectivity index (χ0v) is 15.2. The van der Waals surface area contributed by atoms with Crippen molar-refractivity contribution in [3.63, 3.8) is 0 Å². The number of rotatable bonds is 4. The largest absolute Gasteiger partial charge is 0.355 e. The van der Waals surface area contributed by atoms with Crippen LogP contribution in [0.25, 0.3) is 5.82 Å². The number of nitrogens with one attached hydrogen (secondary N) is 1. The fourth-order valence-electron chi connectivity index (χ4n) is 3.35. The lowest BCUT2D eigenvalue weighted by molar-refractivity contribution is -0.120. The summed E-state index contributed by atoms with van der Waals surface area (Å²) in [4.78, 5) is 14.7. The molecule has 1 amide bonds. The first-order chi connectivity index (χ1) is 13.2. The van der Waals surface area contributed by atoms with Gasteiger partial charge in [-0.15, -0.1) is 10.2 Å². The summed E-state index contributed by atoms with van der Waals surface area (Å²) in [5.41, 5.74) is 2.00. The van der Waals surface area contributed by atoms with Crippen molar-refractivity contribution in [2.45, 2.75) is 19.8 Å². The van der Waals surface area contributed by atoms with E-state index in [4.69, 9.17) is 0 Å². The van der Waals surface area contributed by atoms with Gasteiger partial charge in [-0.05, 0) is 55.7 Å². The van der Waals surface area contributed by atoms with E-state index in [0.29, 0.717) is 5.82 Å². The molecule has 7 nitrogen and oxygen atoms in total. The molecule has 0 unspecified atom stereocenters. The van der Waals surface area contributed by atoms with Crippen LogP contribution in [0.4, 0.5) is 11.5 Å². The van der Waals surface area contributed by atoms with Crippen LogP contribution in [0.3, 0.4) is 0 Å². The molecule has 138 valence electrons. The minimum atomic E-state index is 0.0260. The van der Waals surface area contributed by atoms with Crippen LogP contribution < -0.4 is 10.2 Å². The first kappa shape index (κ1) is 17.2. The Morgan fingerprint density at radius 2 is 1.85 bits per heavy atom. The SMILES string of the molecule is Cc1cccc(NC(=O)C2CCN(c3ccc(-n4cccn4)nn3)CC2)c1. The van der Waals surface area contributed by atoms with Gasteiger partial charge in [0.05, 0.1) is 0 Å². The van der Waals surface area contributed by atoms with Gasteiger partial charge in [0.25, 0.3) is 0 Å². The van der Waals surface area contributed by atoms with Gasteiger partial charge >= 0.3 is 0 Å². The normalized spacial score (nSPS) is 14.9. The van der Waals surface area contributed by atoms with Gasteiger partial charge in [-0.25, -0.2) is 4.68 Å². The third kappa shape index (κ3) is 3.97. The lowest BCUT2D eigenvalue weighted by Crippen LogP contribution is -2.38. The molecule has 1 aliphatic heterocycles. The lowest BCUT2D eigenvalue weighted by atomic mass is 9.95. The molecule has 4 rings (SSSR count). The lowest BCUT2D eigenvalue weighted by Gasteiger charge is -2.31. The monoisotopic (exact) mass is 362 g/mol. The van der Waals surface area contributed by atoms with Gasteiger partial charge < -0.3 is 10.2 Å². The molecule has 7 heteroatoms. The summed E-state index contributed by atoms with van der Waals surface area (Å²) in [6.45, 7) is 3.61. The molecule has 0 aliphatic carbocycles. The Balaban J connectivity index is 1.34. The van der Waals surface area contributed by atoms with E-state index in [9.17, 15) is 4.79 Å². The maximum absolute atomic E-state index is 12.5. The number of benzene rings is 1. The molecule has 3 heterocycles. The molecule has 0 bridgehead atoms. The summed E-state index contributed by atoms with van der Waals surface area (Å²) in [7, 11) is 0. The number of aryl methyl sites for hydroxylation is 1. The molecule has 1 aromatic carbocycles. The van der Waals surface area contributed by atoms with Crippen molar-refractivity contribution >= 4 is 17.4 Å². The molecule has 1 aliphatic rings. The average molecular weight is 362 g/mol. The number of aromatic nitrogens is 4. The summed E-state index contributed by atoms with van der Waals surface area (Å²) in [6, 6.07) is 13.6. The van der Waals surface area contributed by atoms with E-state index < -0.39 is 0 Å². The summed E-state index contributed by atoms with van der Waals surface area (Å²) in [5, 5.41) is 15.8. The third-order valence-corrected chi connectivity index (χ3v) is 4.85. The minimum Gasteiger partial charge on any atom is -0.355 e. The van der Waals surface area contributed by atoms with Gasteiger partial charge in [0, 0.05) is 37.1 Å². The van der Waals surface area contributed by atoms with Crippen molar-refractivity contribution in [2.75, 3.05) is 23.3 Å². The van der Waals surface area contributed by atoms with E-state index in [1.54, 1.807) is 10.9 Å². The number of carbonyl (C=O) groups is 1. The highest BCUT2D eigenvalue weighted by Crippen LogP contribution is 2.23. The standard InChI is InChI=1S/C20H22N6O/c1-15-4-2-5-17(14-15)22-20(27)16-8-12-25(13-9-16)18-6-7-19(24-23-18)26-11-3-10-21-26/h2-7,10-11,14,16H,8-9,12-13H2,1H3,(H,22,27). The highest BCUT2D eigenvalue weighted by molar-refractivity contribution is 5.92. The van der Waals surface area contributed by atoms with E-state index >= 15 is 0 Å². The van der Waals surface area contributed by atoms with Gasteiger partial charge in [-0.2, -0.15) is 5.10 Å². The van der Waals surface area contributed by atoms with Crippen LogP contribution >= 0.6 is 0 Å². The second kappa shape index (κ2) is 7.57. The number of piperidine rings is 1. The molecule has 0 saturated carbocycles. The fraction of sp³-hybridized carbons (Fsp3) is 0.300. The maximum atomic E-state index is 12.5. The average Bonchev–Trinajstić information content (AvgIpc) is 3.23. The number of anilines is 2. The van der Waals surface area contributed by atoms with Crippen LogP contribution in [0.5, 0.6) is 0 Å². The third-order valence-electron chi connectivity index (χ3n) is 4.85. The van der Waals surface area contributed by atoms with Gasteiger partial charge in [-0.3, -0.25) is 4.79 Å². The quantitative estimate of drug-likeness (QED) is 0.772. The second-order valence-electron chi connectivity index (χ2n) is 6.82. The van der Waals surface area contributed by atoms with E-state index in [0.717, 1.165) is 43.0 Å². The summed E-state index contributed by atoms with van der Waals surface area (Å²) in [5.74, 6) is 1.65. The second-order valence-corrected chi connectivity index (χ2v) is 6.82. The van der Waals surface area contributed by atoms with E-state index in [1.165, 1.54) is 0 Å². The topological polar surface area (TPSA) is 75.9 Å². The number of amides is 1. The van der Waals surface area contributed by atoms with Crippen molar-refractivity contribution < 1.29 is 4.79 Å². The molecular weight excluding hydrogens is 340 g/mol. The predicted octanol–water partition coefficient (Wildman–Crippen LogP) is 2.83. The zero-order chi connectivity index (χ0) is 18.6. The van der Waals surface area contributed by atoms with Crippen LogP contribution in [0.2, 0.25) is 0 Å². The van der Waals surface area contributed by atoms with Crippen molar-refractivity contribution in [3.05, 3.63) is 60.4 Å². The first-order valence-electron chi connectivity index (χ1n) is 9.15. The Morgan fingerprint density at radius 1 is 1.07 bits per heavy atom. The minimum absolute atomic E-state index is 0.0260. The Bertz CT molecular complexity index is 898. The van der Waals surface area contributed by atoms with E-state index in [1.807, 2.05) is 55.6 Å². The molecule has 2 aromatic heterocycles. The van der Waals surface area contributed by atoms with Gasteiger partial charge in [0.2, 0.25) is 5.91 Å². The van der Waals surface area contributed by atoms with E-state index in [2.05, 4.69) is 25.5 Å². The Hall–Kier alpha value is -3.22. The molecule has 0 atom stereocenters. The number of nitrogens with zero attached hydrogens (tertiary/aromatic N) is 5. The van der Waals surface area contributed by atoms with Crippen LogP contribution in [0.15, 0.2) is 54.9 Å². The van der Waals surface area contributed by atoms with Gasteiger partial charge in [0.15, 0.2) is 11.6 Å². The zero-order valence-electron chi connectivity index (χ0n) is 15.2. The molecular formula is C20H22N6O. The van der Waals surface area contributed by atoms with Crippen molar-refractivity contribution in [1.29, 1.82) is 0 Å². The summed E-state index contributed by atoms with van der Waals surface area (Å²) >= 11 is 0. The smallest absolute Gasteiger partial charge is 0.227 e. The molecule has 0 spiro atoms. The number of hydrogen-bond donors (Lipinski definition) is 1. The van der Waals surface area contributed by atoms with Crippen LogP contribution in [-0.2, 0) is 4.79 Å². The highest BCUT2D eigenvalue weighted by Gasteiger charge is 2.26. The maximum Gasteiger partial charge on any atom is 0.227 e. The van der Waals surface area contributed by atoms with Crippen LogP contribution in [0, 0.1) is 12.8 Å². The molecule has 1 fully saturated rings. The molecule has 1 N–H and O–H groups in total. The van der Waals surface area contributed by atoms with Gasteiger partial charge in [0.1, 0.15) is 0 Å². The summed E-state index contributed by atoms with van der Waals surface area (Å²) < 4.78 is 1.68. The van der Waals surface area contributed by atoms with Crippen LogP contribution in [-0.4, -0.2) is 39.0 Å². The Kier molecular flexibility index (Phi) is 4.82. The van der Waals surface area contributed by atoms with Crippen molar-refractivity contribution in [1.82, 2.24) is 20.0 Å². The van der Waals surface area contributed by atoms with E-state index in [-0.39, 0.29) is 11.8 Å². The fourth-order valence-corrected chi connectivity index (χ4v) is 3.35. The number of hydrogen-bond acceptors (Lipinski definition) is 5. The number of carbonyl (C=O) groups excluding carboxylic acids is 1.